The second-order valence-corrected chi connectivity index (χ2v) is 7.67. The van der Waals surface area contributed by atoms with Gasteiger partial charge < -0.3 is 14.5 Å². The summed E-state index contributed by atoms with van der Waals surface area (Å²) in [7, 11) is 0. The van der Waals surface area contributed by atoms with Crippen LogP contribution in [0.1, 0.15) is 54.6 Å². The summed E-state index contributed by atoms with van der Waals surface area (Å²) in [5.41, 5.74) is 0.926. The minimum Gasteiger partial charge on any atom is -0.459 e. The van der Waals surface area contributed by atoms with E-state index < -0.39 is 0 Å². The van der Waals surface area contributed by atoms with Gasteiger partial charge in [-0.05, 0) is 37.5 Å². The summed E-state index contributed by atoms with van der Waals surface area (Å²) in [4.78, 5) is 13.5. The minimum atomic E-state index is -0.142. The van der Waals surface area contributed by atoms with Gasteiger partial charge >= 0.3 is 0 Å². The summed E-state index contributed by atoms with van der Waals surface area (Å²) in [6, 6.07) is 12.0. The van der Waals surface area contributed by atoms with Crippen LogP contribution in [-0.2, 0) is 10.5 Å². The van der Waals surface area contributed by atoms with E-state index in [1.807, 2.05) is 24.3 Å². The lowest BCUT2D eigenvalue weighted by Crippen LogP contribution is -2.26. The Morgan fingerprint density at radius 1 is 1.15 bits per heavy atom. The second kappa shape index (κ2) is 10.4. The van der Waals surface area contributed by atoms with Crippen LogP contribution in [0.4, 0.5) is 0 Å². The van der Waals surface area contributed by atoms with Crippen LogP contribution in [0.25, 0.3) is 0 Å². The first-order valence-electron chi connectivity index (χ1n) is 9.47. The molecule has 3 rings (SSSR count). The average Bonchev–Trinajstić information content (AvgIpc) is 3.16. The molecular weight excluding hydrogens is 346 g/mol. The van der Waals surface area contributed by atoms with E-state index in [2.05, 4.69) is 17.4 Å². The smallest absolute Gasteiger partial charge is 0.287 e. The maximum Gasteiger partial charge on any atom is 0.287 e. The standard InChI is InChI=1S/C21H27NO3S/c23-21(22-13-7-14-24-18-8-3-1-4-9-18)20-17(12-15-25-20)16-26-19-10-5-2-6-11-19/h2,5-6,10-12,15,18H,1,3-4,7-9,13-14,16H2,(H,22,23). The van der Waals surface area contributed by atoms with Gasteiger partial charge in [0, 0.05) is 29.4 Å². The molecule has 1 heterocycles. The number of carbonyl (C=O) groups is 1. The normalized spacial score (nSPS) is 15.1. The molecular formula is C21H27NO3S. The number of rotatable bonds is 9. The van der Waals surface area contributed by atoms with E-state index in [1.165, 1.54) is 37.0 Å². The van der Waals surface area contributed by atoms with E-state index in [0.717, 1.165) is 12.0 Å². The van der Waals surface area contributed by atoms with Crippen LogP contribution in [0.3, 0.4) is 0 Å². The number of thioether (sulfide) groups is 1. The van der Waals surface area contributed by atoms with E-state index >= 15 is 0 Å². The van der Waals surface area contributed by atoms with E-state index in [9.17, 15) is 4.79 Å². The molecule has 140 valence electrons. The second-order valence-electron chi connectivity index (χ2n) is 6.62. The first kappa shape index (κ1) is 19.1. The van der Waals surface area contributed by atoms with Gasteiger partial charge in [-0.15, -0.1) is 11.8 Å². The lowest BCUT2D eigenvalue weighted by Gasteiger charge is -2.21. The number of hydrogen-bond acceptors (Lipinski definition) is 4. The van der Waals surface area contributed by atoms with Crippen molar-refractivity contribution in [2.45, 2.75) is 55.3 Å². The highest BCUT2D eigenvalue weighted by molar-refractivity contribution is 7.98. The molecule has 1 aromatic heterocycles. The largest absolute Gasteiger partial charge is 0.459 e. The molecule has 0 aliphatic heterocycles. The zero-order valence-electron chi connectivity index (χ0n) is 15.1. The number of nitrogens with one attached hydrogen (secondary N) is 1. The van der Waals surface area contributed by atoms with Crippen LogP contribution in [-0.4, -0.2) is 25.2 Å². The van der Waals surface area contributed by atoms with Crippen molar-refractivity contribution in [3.05, 3.63) is 54.0 Å². The molecule has 0 radical (unpaired) electrons. The first-order chi connectivity index (χ1) is 12.8. The Morgan fingerprint density at radius 2 is 1.96 bits per heavy atom. The van der Waals surface area contributed by atoms with Gasteiger partial charge in [0.05, 0.1) is 12.4 Å². The monoisotopic (exact) mass is 373 g/mol. The minimum absolute atomic E-state index is 0.142. The average molecular weight is 374 g/mol. The molecule has 0 bridgehead atoms. The summed E-state index contributed by atoms with van der Waals surface area (Å²) < 4.78 is 11.3. The van der Waals surface area contributed by atoms with Crippen molar-refractivity contribution in [2.75, 3.05) is 13.2 Å². The first-order valence-corrected chi connectivity index (χ1v) is 10.5. The predicted molar refractivity (Wildman–Crippen MR) is 104 cm³/mol. The summed E-state index contributed by atoms with van der Waals surface area (Å²) in [6.07, 6.45) is 9.10. The number of amides is 1. The van der Waals surface area contributed by atoms with Gasteiger partial charge in [0.15, 0.2) is 5.76 Å². The van der Waals surface area contributed by atoms with Gasteiger partial charge in [0.1, 0.15) is 0 Å². The zero-order valence-corrected chi connectivity index (χ0v) is 15.9. The van der Waals surface area contributed by atoms with Crippen LogP contribution in [0.15, 0.2) is 52.0 Å². The van der Waals surface area contributed by atoms with Gasteiger partial charge in [0.2, 0.25) is 0 Å². The molecule has 1 N–H and O–H groups in total. The number of furan rings is 1. The highest BCUT2D eigenvalue weighted by atomic mass is 32.2. The molecule has 0 saturated heterocycles. The van der Waals surface area contributed by atoms with Crippen molar-refractivity contribution in [3.8, 4) is 0 Å². The Morgan fingerprint density at radius 3 is 2.77 bits per heavy atom. The van der Waals surface area contributed by atoms with Crippen molar-refractivity contribution in [1.29, 1.82) is 0 Å². The topological polar surface area (TPSA) is 51.5 Å². The Kier molecular flexibility index (Phi) is 7.65. The number of ether oxygens (including phenoxy) is 1. The van der Waals surface area contributed by atoms with Gasteiger partial charge in [-0.1, -0.05) is 37.5 Å². The summed E-state index contributed by atoms with van der Waals surface area (Å²) in [5, 5.41) is 2.94. The molecule has 26 heavy (non-hydrogen) atoms. The molecule has 0 atom stereocenters. The summed E-state index contributed by atoms with van der Waals surface area (Å²) >= 11 is 1.70. The quantitative estimate of drug-likeness (QED) is 0.494. The molecule has 1 saturated carbocycles. The molecule has 2 aromatic rings. The lowest BCUT2D eigenvalue weighted by molar-refractivity contribution is 0.0273. The van der Waals surface area contributed by atoms with Crippen LogP contribution < -0.4 is 5.32 Å². The van der Waals surface area contributed by atoms with Crippen molar-refractivity contribution in [1.82, 2.24) is 5.32 Å². The molecule has 1 fully saturated rings. The van der Waals surface area contributed by atoms with Crippen molar-refractivity contribution in [2.24, 2.45) is 0 Å². The Hall–Kier alpha value is -1.72. The van der Waals surface area contributed by atoms with Gasteiger partial charge in [-0.3, -0.25) is 4.79 Å². The fraction of sp³-hybridized carbons (Fsp3) is 0.476. The molecule has 0 spiro atoms. The predicted octanol–water partition coefficient (Wildman–Crippen LogP) is 5.04. The van der Waals surface area contributed by atoms with Crippen molar-refractivity contribution in [3.63, 3.8) is 0 Å². The summed E-state index contributed by atoms with van der Waals surface area (Å²) in [6.45, 7) is 1.32. The molecule has 1 aliphatic rings. The van der Waals surface area contributed by atoms with E-state index in [-0.39, 0.29) is 5.91 Å². The van der Waals surface area contributed by atoms with E-state index in [0.29, 0.717) is 30.8 Å². The maximum atomic E-state index is 12.3. The Balaban J connectivity index is 1.37. The molecule has 1 aromatic carbocycles. The fourth-order valence-electron chi connectivity index (χ4n) is 3.16. The molecule has 0 unspecified atom stereocenters. The summed E-state index contributed by atoms with van der Waals surface area (Å²) in [5.74, 6) is 0.992. The Labute approximate surface area is 159 Å². The van der Waals surface area contributed by atoms with Gasteiger partial charge in [-0.25, -0.2) is 0 Å². The Bertz CT molecular complexity index is 665. The number of carbonyl (C=O) groups excluding carboxylic acids is 1. The van der Waals surface area contributed by atoms with Crippen LogP contribution in [0.2, 0.25) is 0 Å². The van der Waals surface area contributed by atoms with E-state index in [1.54, 1.807) is 18.0 Å². The van der Waals surface area contributed by atoms with Crippen molar-refractivity contribution >= 4 is 17.7 Å². The molecule has 5 heteroatoms. The van der Waals surface area contributed by atoms with E-state index in [4.69, 9.17) is 9.15 Å². The van der Waals surface area contributed by atoms with Gasteiger partial charge in [-0.2, -0.15) is 0 Å². The molecule has 1 amide bonds. The number of benzene rings is 1. The van der Waals surface area contributed by atoms with Crippen LogP contribution in [0.5, 0.6) is 0 Å². The third-order valence-electron chi connectivity index (χ3n) is 4.60. The maximum absolute atomic E-state index is 12.3. The zero-order chi connectivity index (χ0) is 18.0. The lowest BCUT2D eigenvalue weighted by atomic mass is 9.98. The molecule has 4 nitrogen and oxygen atoms in total. The third kappa shape index (κ3) is 5.92. The highest BCUT2D eigenvalue weighted by Gasteiger charge is 2.16. The van der Waals surface area contributed by atoms with Gasteiger partial charge in [0.25, 0.3) is 5.91 Å². The van der Waals surface area contributed by atoms with Crippen molar-refractivity contribution < 1.29 is 13.9 Å². The highest BCUT2D eigenvalue weighted by Crippen LogP contribution is 2.25. The van der Waals surface area contributed by atoms with Crippen LogP contribution >= 0.6 is 11.8 Å². The number of hydrogen-bond donors (Lipinski definition) is 1. The van der Waals surface area contributed by atoms with Crippen LogP contribution in [0, 0.1) is 0 Å². The molecule has 1 aliphatic carbocycles. The SMILES string of the molecule is O=C(NCCCOC1CCCCC1)c1occc1CSc1ccccc1. The fourth-order valence-corrected chi connectivity index (χ4v) is 4.06. The third-order valence-corrected chi connectivity index (χ3v) is 5.66.